The van der Waals surface area contributed by atoms with Crippen molar-refractivity contribution in [3.8, 4) is 5.75 Å². The molecule has 0 saturated heterocycles. The lowest BCUT2D eigenvalue weighted by atomic mass is 9.98. The van der Waals surface area contributed by atoms with Crippen LogP contribution in [0.25, 0.3) is 16.5 Å². The number of ether oxygens (including phenoxy) is 1. The highest BCUT2D eigenvalue weighted by atomic mass is 19.1. The van der Waals surface area contributed by atoms with Crippen LogP contribution in [0.4, 0.5) is 4.39 Å². The summed E-state index contributed by atoms with van der Waals surface area (Å²) in [5.41, 5.74) is 5.46. The van der Waals surface area contributed by atoms with Crippen LogP contribution in [0.3, 0.4) is 0 Å². The molecule has 1 aromatic heterocycles. The summed E-state index contributed by atoms with van der Waals surface area (Å²) in [5, 5.41) is 3.91. The SMILES string of the molecule is CCOc1c(/C(C)=C/C(=O)NCCc2ccc(F)cc2)cc2c(C)coc2c1C. The molecule has 0 spiro atoms. The summed E-state index contributed by atoms with van der Waals surface area (Å²) in [7, 11) is 0. The first-order valence-electron chi connectivity index (χ1n) is 9.75. The molecule has 0 atom stereocenters. The number of carbonyl (C=O) groups is 1. The summed E-state index contributed by atoms with van der Waals surface area (Å²) >= 11 is 0. The van der Waals surface area contributed by atoms with Crippen LogP contribution < -0.4 is 10.1 Å². The second-order valence-electron chi connectivity index (χ2n) is 7.10. The van der Waals surface area contributed by atoms with E-state index in [0.29, 0.717) is 19.6 Å². The normalized spacial score (nSPS) is 11.7. The molecule has 0 unspecified atom stereocenters. The van der Waals surface area contributed by atoms with Gasteiger partial charge in [-0.3, -0.25) is 4.79 Å². The summed E-state index contributed by atoms with van der Waals surface area (Å²) in [6, 6.07) is 8.31. The van der Waals surface area contributed by atoms with Gasteiger partial charge in [-0.2, -0.15) is 0 Å². The lowest BCUT2D eigenvalue weighted by Gasteiger charge is -2.14. The van der Waals surface area contributed by atoms with Crippen LogP contribution in [-0.4, -0.2) is 19.1 Å². The molecule has 0 fully saturated rings. The van der Waals surface area contributed by atoms with E-state index in [1.807, 2.05) is 33.8 Å². The summed E-state index contributed by atoms with van der Waals surface area (Å²) in [6.07, 6.45) is 3.96. The zero-order chi connectivity index (χ0) is 21.0. The second kappa shape index (κ2) is 8.95. The monoisotopic (exact) mass is 395 g/mol. The molecule has 152 valence electrons. The Morgan fingerprint density at radius 1 is 1.24 bits per heavy atom. The number of benzene rings is 2. The Labute approximate surface area is 170 Å². The molecular weight excluding hydrogens is 369 g/mol. The summed E-state index contributed by atoms with van der Waals surface area (Å²) in [5.74, 6) is 0.303. The minimum atomic E-state index is -0.262. The number of nitrogens with one attached hydrogen (secondary N) is 1. The lowest BCUT2D eigenvalue weighted by molar-refractivity contribution is -0.116. The summed E-state index contributed by atoms with van der Waals surface area (Å²) < 4.78 is 24.5. The lowest BCUT2D eigenvalue weighted by Crippen LogP contribution is -2.23. The van der Waals surface area contributed by atoms with Gasteiger partial charge in [0.25, 0.3) is 0 Å². The van der Waals surface area contributed by atoms with Crippen LogP contribution in [-0.2, 0) is 11.2 Å². The number of aryl methyl sites for hydroxylation is 2. The maximum absolute atomic E-state index is 13.0. The molecule has 0 bridgehead atoms. The van der Waals surface area contributed by atoms with Crippen molar-refractivity contribution in [3.63, 3.8) is 0 Å². The van der Waals surface area contributed by atoms with E-state index in [9.17, 15) is 9.18 Å². The highest BCUT2D eigenvalue weighted by Crippen LogP contribution is 2.37. The standard InChI is InChI=1S/C24H26FNO3/c1-5-28-23-17(4)24-21(16(3)14-29-24)13-20(23)15(2)12-22(27)26-11-10-18-6-8-19(25)9-7-18/h6-9,12-14H,5,10-11H2,1-4H3,(H,26,27)/b15-12+. The van der Waals surface area contributed by atoms with E-state index < -0.39 is 0 Å². The van der Waals surface area contributed by atoms with Crippen molar-refractivity contribution >= 4 is 22.4 Å². The highest BCUT2D eigenvalue weighted by Gasteiger charge is 2.17. The third-order valence-electron chi connectivity index (χ3n) is 4.92. The number of rotatable bonds is 7. The Balaban J connectivity index is 1.78. The Hall–Kier alpha value is -3.08. The van der Waals surface area contributed by atoms with E-state index in [2.05, 4.69) is 5.32 Å². The molecule has 2 aromatic carbocycles. The molecule has 0 aliphatic rings. The maximum Gasteiger partial charge on any atom is 0.244 e. The van der Waals surface area contributed by atoms with Crippen LogP contribution in [0.1, 0.15) is 36.1 Å². The van der Waals surface area contributed by atoms with Crippen LogP contribution in [0, 0.1) is 19.7 Å². The average molecular weight is 395 g/mol. The van der Waals surface area contributed by atoms with Gasteiger partial charge in [0.2, 0.25) is 5.91 Å². The van der Waals surface area contributed by atoms with E-state index in [4.69, 9.17) is 9.15 Å². The van der Waals surface area contributed by atoms with Crippen molar-refractivity contribution in [2.75, 3.05) is 13.2 Å². The third kappa shape index (κ3) is 4.67. The molecule has 0 aliphatic carbocycles. The molecule has 3 aromatic rings. The smallest absolute Gasteiger partial charge is 0.244 e. The minimum absolute atomic E-state index is 0.172. The third-order valence-corrected chi connectivity index (χ3v) is 4.92. The molecule has 0 aliphatic heterocycles. The van der Waals surface area contributed by atoms with E-state index in [-0.39, 0.29) is 11.7 Å². The number of allylic oxidation sites excluding steroid dienone is 1. The van der Waals surface area contributed by atoms with Crippen molar-refractivity contribution < 1.29 is 18.3 Å². The van der Waals surface area contributed by atoms with Gasteiger partial charge in [-0.25, -0.2) is 4.39 Å². The number of amides is 1. The van der Waals surface area contributed by atoms with E-state index in [1.165, 1.54) is 12.1 Å². The number of furan rings is 1. The number of hydrogen-bond donors (Lipinski definition) is 1. The van der Waals surface area contributed by atoms with Crippen LogP contribution in [0.2, 0.25) is 0 Å². The maximum atomic E-state index is 13.0. The summed E-state index contributed by atoms with van der Waals surface area (Å²) in [6.45, 7) is 8.80. The first-order valence-corrected chi connectivity index (χ1v) is 9.75. The second-order valence-corrected chi connectivity index (χ2v) is 7.10. The molecule has 1 N–H and O–H groups in total. The van der Waals surface area contributed by atoms with E-state index >= 15 is 0 Å². The fourth-order valence-corrected chi connectivity index (χ4v) is 3.37. The van der Waals surface area contributed by atoms with Gasteiger partial charge in [0.15, 0.2) is 0 Å². The number of hydrogen-bond acceptors (Lipinski definition) is 3. The van der Waals surface area contributed by atoms with Crippen molar-refractivity contribution in [2.45, 2.75) is 34.1 Å². The highest BCUT2D eigenvalue weighted by molar-refractivity contribution is 5.98. The van der Waals surface area contributed by atoms with Gasteiger partial charge in [-0.15, -0.1) is 0 Å². The molecule has 0 saturated carbocycles. The molecule has 3 rings (SSSR count). The zero-order valence-corrected chi connectivity index (χ0v) is 17.3. The predicted octanol–water partition coefficient (Wildman–Crippen LogP) is 5.35. The fraction of sp³-hybridized carbons (Fsp3) is 0.292. The summed E-state index contributed by atoms with van der Waals surface area (Å²) in [4.78, 5) is 12.4. The van der Waals surface area contributed by atoms with Gasteiger partial charge >= 0.3 is 0 Å². The topological polar surface area (TPSA) is 51.5 Å². The molecule has 1 amide bonds. The fourth-order valence-electron chi connectivity index (χ4n) is 3.37. The Bertz CT molecular complexity index is 1050. The van der Waals surface area contributed by atoms with Gasteiger partial charge in [0.05, 0.1) is 12.9 Å². The first-order chi connectivity index (χ1) is 13.9. The molecule has 29 heavy (non-hydrogen) atoms. The van der Waals surface area contributed by atoms with Gasteiger partial charge in [0, 0.05) is 29.1 Å². The van der Waals surface area contributed by atoms with E-state index in [1.54, 1.807) is 24.5 Å². The largest absolute Gasteiger partial charge is 0.493 e. The molecule has 5 heteroatoms. The average Bonchev–Trinajstić information content (AvgIpc) is 3.06. The van der Waals surface area contributed by atoms with Crippen molar-refractivity contribution in [3.05, 3.63) is 70.7 Å². The molecule has 0 radical (unpaired) electrons. The Morgan fingerprint density at radius 2 is 1.97 bits per heavy atom. The van der Waals surface area contributed by atoms with Gasteiger partial charge in [-0.05, 0) is 69.0 Å². The van der Waals surface area contributed by atoms with Gasteiger partial charge < -0.3 is 14.5 Å². The number of fused-ring (bicyclic) bond motifs is 1. The van der Waals surface area contributed by atoms with Crippen LogP contribution in [0.15, 0.2) is 47.1 Å². The van der Waals surface area contributed by atoms with Gasteiger partial charge in [0.1, 0.15) is 17.1 Å². The Kier molecular flexibility index (Phi) is 6.37. The molecule has 4 nitrogen and oxygen atoms in total. The number of carbonyl (C=O) groups excluding carboxylic acids is 1. The van der Waals surface area contributed by atoms with Crippen LogP contribution in [0.5, 0.6) is 5.75 Å². The molecular formula is C24H26FNO3. The molecule has 1 heterocycles. The minimum Gasteiger partial charge on any atom is -0.493 e. The van der Waals surface area contributed by atoms with Crippen molar-refractivity contribution in [1.82, 2.24) is 5.32 Å². The van der Waals surface area contributed by atoms with Crippen LogP contribution >= 0.6 is 0 Å². The zero-order valence-electron chi connectivity index (χ0n) is 17.3. The predicted molar refractivity (Wildman–Crippen MR) is 114 cm³/mol. The van der Waals surface area contributed by atoms with E-state index in [0.717, 1.165) is 44.5 Å². The Morgan fingerprint density at radius 3 is 2.66 bits per heavy atom. The van der Waals surface area contributed by atoms with Crippen molar-refractivity contribution in [2.24, 2.45) is 0 Å². The van der Waals surface area contributed by atoms with Gasteiger partial charge in [-0.1, -0.05) is 12.1 Å². The van der Waals surface area contributed by atoms with Crippen molar-refractivity contribution in [1.29, 1.82) is 0 Å². The quantitative estimate of drug-likeness (QED) is 0.549. The first kappa shape index (κ1) is 20.6. The number of halogens is 1.